The Balaban J connectivity index is 1.22. The summed E-state index contributed by atoms with van der Waals surface area (Å²) in [6, 6.07) is 25.5. The lowest BCUT2D eigenvalue weighted by Crippen LogP contribution is -2.01. The first-order valence-electron chi connectivity index (χ1n) is 11.5. The van der Waals surface area contributed by atoms with Crippen molar-refractivity contribution >= 4 is 28.8 Å². The van der Waals surface area contributed by atoms with Gasteiger partial charge >= 0.3 is 5.97 Å². The van der Waals surface area contributed by atoms with E-state index in [0.29, 0.717) is 17.9 Å². The molecule has 0 unspecified atom stereocenters. The molecule has 5 aromatic rings. The number of carbonyl (C=O) groups is 1. The van der Waals surface area contributed by atoms with Crippen molar-refractivity contribution in [2.45, 2.75) is 24.4 Å². The Morgan fingerprint density at radius 3 is 2.61 bits per heavy atom. The number of imidazole rings is 1. The number of hydrogen-bond donors (Lipinski definition) is 1. The molecular formula is C29H25N3O3S. The van der Waals surface area contributed by atoms with Crippen LogP contribution in [-0.2, 0) is 17.1 Å². The number of nitrogens with zero attached hydrogens (tertiary/aromatic N) is 2. The minimum Gasteiger partial charge on any atom is -0.489 e. The van der Waals surface area contributed by atoms with Crippen LogP contribution in [0.3, 0.4) is 0 Å². The zero-order valence-corrected chi connectivity index (χ0v) is 20.8. The number of ether oxygens (including phenoxy) is 2. The van der Waals surface area contributed by atoms with Crippen LogP contribution < -0.4 is 4.74 Å². The summed E-state index contributed by atoms with van der Waals surface area (Å²) >= 11 is 1.63. The minimum atomic E-state index is -0.343. The van der Waals surface area contributed by atoms with Crippen molar-refractivity contribution in [2.75, 3.05) is 7.11 Å². The molecule has 0 aliphatic carbocycles. The third-order valence-electron chi connectivity index (χ3n) is 5.94. The fourth-order valence-electron chi connectivity index (χ4n) is 3.89. The molecule has 0 aliphatic heterocycles. The van der Waals surface area contributed by atoms with Crippen LogP contribution >= 0.6 is 11.8 Å². The van der Waals surface area contributed by atoms with Crippen molar-refractivity contribution in [2.24, 2.45) is 0 Å². The Labute approximate surface area is 213 Å². The molecule has 2 aromatic heterocycles. The number of nitrogens with one attached hydrogen (secondary N) is 1. The Morgan fingerprint density at radius 1 is 0.972 bits per heavy atom. The lowest BCUT2D eigenvalue weighted by molar-refractivity contribution is 0.0601. The zero-order valence-electron chi connectivity index (χ0n) is 20.0. The van der Waals surface area contributed by atoms with Gasteiger partial charge in [-0.05, 0) is 53.9 Å². The SMILES string of the molecule is COC(=O)c1cccc(-c2ccc(COc3ccnc(CSc4nc5ccccc5[nH]4)c3C)cc2)c1. The van der Waals surface area contributed by atoms with Crippen LogP contribution in [0.4, 0.5) is 0 Å². The van der Waals surface area contributed by atoms with Crippen molar-refractivity contribution < 1.29 is 14.3 Å². The smallest absolute Gasteiger partial charge is 0.337 e. The molecule has 0 fully saturated rings. The first kappa shape index (κ1) is 23.6. The van der Waals surface area contributed by atoms with E-state index in [1.165, 1.54) is 7.11 Å². The molecule has 0 radical (unpaired) electrons. The summed E-state index contributed by atoms with van der Waals surface area (Å²) in [4.78, 5) is 24.4. The molecule has 1 N–H and O–H groups in total. The Hall–Kier alpha value is -4.10. The molecule has 0 bridgehead atoms. The van der Waals surface area contributed by atoms with Crippen LogP contribution in [0.5, 0.6) is 5.75 Å². The molecule has 7 heteroatoms. The van der Waals surface area contributed by atoms with Gasteiger partial charge in [-0.3, -0.25) is 4.98 Å². The summed E-state index contributed by atoms with van der Waals surface area (Å²) in [6.45, 7) is 2.48. The summed E-state index contributed by atoms with van der Waals surface area (Å²) in [5, 5.41) is 0.876. The fourth-order valence-corrected chi connectivity index (χ4v) is 4.80. The van der Waals surface area contributed by atoms with E-state index in [4.69, 9.17) is 9.47 Å². The van der Waals surface area contributed by atoms with Gasteiger partial charge in [0.25, 0.3) is 0 Å². The number of thioether (sulfide) groups is 1. The van der Waals surface area contributed by atoms with E-state index < -0.39 is 0 Å². The zero-order chi connectivity index (χ0) is 24.9. The average molecular weight is 496 g/mol. The number of carbonyl (C=O) groups excluding carboxylic acids is 1. The molecule has 6 nitrogen and oxygen atoms in total. The highest BCUT2D eigenvalue weighted by Gasteiger charge is 2.11. The van der Waals surface area contributed by atoms with Crippen LogP contribution in [0.1, 0.15) is 27.2 Å². The summed E-state index contributed by atoms with van der Waals surface area (Å²) < 4.78 is 11.0. The monoisotopic (exact) mass is 495 g/mol. The molecule has 0 atom stereocenters. The van der Waals surface area contributed by atoms with E-state index >= 15 is 0 Å². The van der Waals surface area contributed by atoms with Crippen LogP contribution in [0.15, 0.2) is 90.2 Å². The molecule has 36 heavy (non-hydrogen) atoms. The number of fused-ring (bicyclic) bond motifs is 1. The Kier molecular flexibility index (Phi) is 7.00. The standard InChI is InChI=1S/C29H25N3O3S/c1-19-26(18-36-29-31-24-8-3-4-9-25(24)32-29)30-15-14-27(19)35-17-20-10-12-21(13-11-20)22-6-5-7-23(16-22)28(33)34-2/h3-16H,17-18H2,1-2H3,(H,31,32). The second kappa shape index (κ2) is 10.7. The minimum absolute atomic E-state index is 0.343. The van der Waals surface area contributed by atoms with Gasteiger partial charge < -0.3 is 14.5 Å². The third-order valence-corrected chi connectivity index (χ3v) is 6.82. The number of para-hydroxylation sites is 2. The highest BCUT2D eigenvalue weighted by atomic mass is 32.2. The van der Waals surface area contributed by atoms with Crippen LogP contribution in [0.25, 0.3) is 22.2 Å². The van der Waals surface area contributed by atoms with Crippen LogP contribution in [-0.4, -0.2) is 28.0 Å². The largest absolute Gasteiger partial charge is 0.489 e. The number of benzene rings is 3. The molecule has 0 saturated heterocycles. The first-order valence-corrected chi connectivity index (χ1v) is 12.5. The van der Waals surface area contributed by atoms with Gasteiger partial charge in [0, 0.05) is 17.5 Å². The van der Waals surface area contributed by atoms with Gasteiger partial charge in [-0.2, -0.15) is 0 Å². The van der Waals surface area contributed by atoms with Gasteiger partial charge in [-0.15, -0.1) is 0 Å². The molecule has 3 aromatic carbocycles. The molecule has 5 rings (SSSR count). The van der Waals surface area contributed by atoms with E-state index in [1.807, 2.05) is 79.7 Å². The summed E-state index contributed by atoms with van der Waals surface area (Å²) in [5.74, 6) is 1.17. The molecular weight excluding hydrogens is 470 g/mol. The van der Waals surface area contributed by atoms with Gasteiger partial charge in [0.15, 0.2) is 5.16 Å². The van der Waals surface area contributed by atoms with E-state index in [0.717, 1.165) is 49.9 Å². The summed E-state index contributed by atoms with van der Waals surface area (Å²) in [5.41, 5.74) is 7.56. The molecule has 180 valence electrons. The number of H-pyrrole nitrogens is 1. The lowest BCUT2D eigenvalue weighted by Gasteiger charge is -2.12. The molecule has 2 heterocycles. The number of esters is 1. The Bertz CT molecular complexity index is 1480. The first-order chi connectivity index (χ1) is 17.6. The van der Waals surface area contributed by atoms with Gasteiger partial charge in [0.2, 0.25) is 0 Å². The number of hydrogen-bond acceptors (Lipinski definition) is 6. The highest BCUT2D eigenvalue weighted by molar-refractivity contribution is 7.98. The molecule has 0 saturated carbocycles. The van der Waals surface area contributed by atoms with Crippen molar-refractivity contribution in [1.29, 1.82) is 0 Å². The number of aromatic nitrogens is 3. The average Bonchev–Trinajstić information content (AvgIpc) is 3.35. The second-order valence-corrected chi connectivity index (χ2v) is 9.25. The molecule has 0 aliphatic rings. The third kappa shape index (κ3) is 5.26. The van der Waals surface area contributed by atoms with Gasteiger partial charge in [-0.1, -0.05) is 60.3 Å². The lowest BCUT2D eigenvalue weighted by atomic mass is 10.0. The second-order valence-electron chi connectivity index (χ2n) is 8.29. The number of pyridine rings is 1. The maximum absolute atomic E-state index is 11.8. The summed E-state index contributed by atoms with van der Waals surface area (Å²) in [7, 11) is 1.39. The van der Waals surface area contributed by atoms with Gasteiger partial charge in [0.05, 0.1) is 29.4 Å². The molecule has 0 spiro atoms. The van der Waals surface area contributed by atoms with Crippen molar-refractivity contribution in [3.8, 4) is 16.9 Å². The number of rotatable bonds is 8. The van der Waals surface area contributed by atoms with Gasteiger partial charge in [0.1, 0.15) is 12.4 Å². The topological polar surface area (TPSA) is 77.1 Å². The van der Waals surface area contributed by atoms with E-state index in [-0.39, 0.29) is 5.97 Å². The maximum Gasteiger partial charge on any atom is 0.337 e. The van der Waals surface area contributed by atoms with Crippen molar-refractivity contribution in [1.82, 2.24) is 15.0 Å². The predicted octanol–water partition coefficient (Wildman–Crippen LogP) is 6.59. The van der Waals surface area contributed by atoms with Crippen molar-refractivity contribution in [3.63, 3.8) is 0 Å². The number of aromatic amines is 1. The molecule has 0 amide bonds. The van der Waals surface area contributed by atoms with Crippen LogP contribution in [0.2, 0.25) is 0 Å². The van der Waals surface area contributed by atoms with E-state index in [2.05, 4.69) is 15.0 Å². The Morgan fingerprint density at radius 2 is 1.81 bits per heavy atom. The number of methoxy groups -OCH3 is 1. The maximum atomic E-state index is 11.8. The normalized spacial score (nSPS) is 10.9. The van der Waals surface area contributed by atoms with Crippen molar-refractivity contribution in [3.05, 3.63) is 107 Å². The van der Waals surface area contributed by atoms with Gasteiger partial charge in [-0.25, -0.2) is 9.78 Å². The van der Waals surface area contributed by atoms with Crippen LogP contribution in [0, 0.1) is 6.92 Å². The van der Waals surface area contributed by atoms with E-state index in [9.17, 15) is 4.79 Å². The van der Waals surface area contributed by atoms with E-state index in [1.54, 1.807) is 24.0 Å². The predicted molar refractivity (Wildman–Crippen MR) is 142 cm³/mol. The summed E-state index contributed by atoms with van der Waals surface area (Å²) in [6.07, 6.45) is 1.79. The highest BCUT2D eigenvalue weighted by Crippen LogP contribution is 2.28. The quantitative estimate of drug-likeness (QED) is 0.193. The fraction of sp³-hybridized carbons (Fsp3) is 0.138.